The number of aryl methyl sites for hydroxylation is 1. The number of ether oxygens (including phenoxy) is 1. The van der Waals surface area contributed by atoms with Crippen molar-refractivity contribution in [3.8, 4) is 0 Å². The van der Waals surface area contributed by atoms with Gasteiger partial charge in [-0.05, 0) is 24.4 Å². The first-order valence-corrected chi connectivity index (χ1v) is 7.33. The van der Waals surface area contributed by atoms with Gasteiger partial charge < -0.3 is 10.1 Å². The van der Waals surface area contributed by atoms with Crippen LogP contribution in [0.25, 0.3) is 0 Å². The fraction of sp³-hybridized carbons (Fsp3) is 0.727. The van der Waals surface area contributed by atoms with E-state index < -0.39 is 0 Å². The van der Waals surface area contributed by atoms with Gasteiger partial charge in [0, 0.05) is 19.0 Å². The number of carbonyl (C=O) groups excluding carboxylic acids is 1. The van der Waals surface area contributed by atoms with Crippen molar-refractivity contribution in [1.82, 2.24) is 14.9 Å². The molecule has 0 aliphatic rings. The third-order valence-electron chi connectivity index (χ3n) is 2.22. The lowest BCUT2D eigenvalue weighted by Crippen LogP contribution is -2.25. The van der Waals surface area contributed by atoms with Gasteiger partial charge in [-0.25, -0.2) is 0 Å². The molecule has 0 atom stereocenters. The molecule has 1 heterocycles. The molecule has 102 valence electrons. The average Bonchev–Trinajstić information content (AvgIpc) is 2.82. The van der Waals surface area contributed by atoms with E-state index in [1.165, 1.54) is 0 Å². The molecule has 18 heavy (non-hydrogen) atoms. The number of nitrogens with zero attached hydrogens (tertiary/aromatic N) is 2. The second-order valence-corrected chi connectivity index (χ2v) is 4.84. The fourth-order valence-corrected chi connectivity index (χ4v) is 2.13. The number of aromatic nitrogens is 2. The van der Waals surface area contributed by atoms with Crippen LogP contribution in [0.15, 0.2) is 0 Å². The van der Waals surface area contributed by atoms with E-state index in [1.807, 2.05) is 0 Å². The van der Waals surface area contributed by atoms with Crippen LogP contribution in [0.4, 0.5) is 0 Å². The number of hydrogen-bond acceptors (Lipinski definition) is 5. The topological polar surface area (TPSA) is 64.1 Å². The van der Waals surface area contributed by atoms with Gasteiger partial charge in [0.05, 0.1) is 12.3 Å². The van der Waals surface area contributed by atoms with Gasteiger partial charge in [0.15, 0.2) is 0 Å². The second-order valence-electron chi connectivity index (χ2n) is 3.71. The predicted octanol–water partition coefficient (Wildman–Crippen LogP) is 1.87. The molecular formula is C11H18ClN3O2S. The normalized spacial score (nSPS) is 10.6. The Labute approximate surface area is 116 Å². The van der Waals surface area contributed by atoms with Gasteiger partial charge in [0.25, 0.3) is 5.91 Å². The van der Waals surface area contributed by atoms with Crippen molar-refractivity contribution in [2.75, 3.05) is 25.6 Å². The largest absolute Gasteiger partial charge is 0.380 e. The van der Waals surface area contributed by atoms with E-state index >= 15 is 0 Å². The summed E-state index contributed by atoms with van der Waals surface area (Å²) in [6.45, 7) is 3.80. The number of carbonyl (C=O) groups is 1. The number of rotatable bonds is 9. The van der Waals surface area contributed by atoms with Crippen LogP contribution in [0.2, 0.25) is 0 Å². The van der Waals surface area contributed by atoms with Crippen molar-refractivity contribution in [2.24, 2.45) is 0 Å². The first kappa shape index (κ1) is 15.3. The van der Waals surface area contributed by atoms with Gasteiger partial charge >= 0.3 is 0 Å². The number of hydrogen-bond donors (Lipinski definition) is 1. The summed E-state index contributed by atoms with van der Waals surface area (Å²) in [5.74, 6) is 0.407. The third kappa shape index (κ3) is 5.29. The fourth-order valence-electron chi connectivity index (χ4n) is 1.39. The SMILES string of the molecule is CCCc1nnsc1C(=O)NCCCOCCCl. The minimum atomic E-state index is -0.0919. The number of halogens is 1. The molecule has 0 unspecified atom stereocenters. The quantitative estimate of drug-likeness (QED) is 0.557. The average molecular weight is 292 g/mol. The molecule has 0 aromatic carbocycles. The summed E-state index contributed by atoms with van der Waals surface area (Å²) in [7, 11) is 0. The van der Waals surface area contributed by atoms with E-state index in [4.69, 9.17) is 16.3 Å². The Morgan fingerprint density at radius 2 is 2.33 bits per heavy atom. The van der Waals surface area contributed by atoms with Gasteiger partial charge in [-0.2, -0.15) is 0 Å². The van der Waals surface area contributed by atoms with Gasteiger partial charge in [0.2, 0.25) is 0 Å². The van der Waals surface area contributed by atoms with Crippen LogP contribution < -0.4 is 5.32 Å². The van der Waals surface area contributed by atoms with Crippen LogP contribution >= 0.6 is 23.1 Å². The van der Waals surface area contributed by atoms with E-state index in [2.05, 4.69) is 21.8 Å². The lowest BCUT2D eigenvalue weighted by molar-refractivity contribution is 0.0947. The van der Waals surface area contributed by atoms with Crippen molar-refractivity contribution < 1.29 is 9.53 Å². The van der Waals surface area contributed by atoms with Gasteiger partial charge in [-0.15, -0.1) is 16.7 Å². The summed E-state index contributed by atoms with van der Waals surface area (Å²) >= 11 is 6.62. The Hall–Kier alpha value is -0.720. The Balaban J connectivity index is 2.25. The van der Waals surface area contributed by atoms with Crippen LogP contribution in [0.5, 0.6) is 0 Å². The lowest BCUT2D eigenvalue weighted by atomic mass is 10.2. The van der Waals surface area contributed by atoms with E-state index in [-0.39, 0.29) is 5.91 Å². The van der Waals surface area contributed by atoms with E-state index in [0.717, 1.165) is 36.5 Å². The predicted molar refractivity (Wildman–Crippen MR) is 72.4 cm³/mol. The molecule has 0 fully saturated rings. The second kappa shape index (κ2) is 9.24. The molecule has 1 aromatic heterocycles. The molecule has 0 saturated carbocycles. The molecule has 0 saturated heterocycles. The maximum Gasteiger partial charge on any atom is 0.264 e. The minimum Gasteiger partial charge on any atom is -0.380 e. The summed E-state index contributed by atoms with van der Waals surface area (Å²) < 4.78 is 9.03. The zero-order chi connectivity index (χ0) is 13.2. The summed E-state index contributed by atoms with van der Waals surface area (Å²) in [5, 5.41) is 6.80. The number of nitrogens with one attached hydrogen (secondary N) is 1. The molecule has 5 nitrogen and oxygen atoms in total. The zero-order valence-corrected chi connectivity index (χ0v) is 12.0. The van der Waals surface area contributed by atoms with Crippen LogP contribution in [0.1, 0.15) is 35.1 Å². The van der Waals surface area contributed by atoms with Crippen LogP contribution in [-0.2, 0) is 11.2 Å². The smallest absolute Gasteiger partial charge is 0.264 e. The zero-order valence-electron chi connectivity index (χ0n) is 10.4. The molecule has 1 aromatic rings. The van der Waals surface area contributed by atoms with Crippen molar-refractivity contribution in [1.29, 1.82) is 0 Å². The minimum absolute atomic E-state index is 0.0919. The highest BCUT2D eigenvalue weighted by atomic mass is 35.5. The molecule has 7 heteroatoms. The lowest BCUT2D eigenvalue weighted by Gasteiger charge is -2.04. The summed E-state index contributed by atoms with van der Waals surface area (Å²) in [5.41, 5.74) is 0.790. The van der Waals surface area contributed by atoms with E-state index in [0.29, 0.717) is 30.5 Å². The van der Waals surface area contributed by atoms with Crippen LogP contribution in [-0.4, -0.2) is 41.1 Å². The highest BCUT2D eigenvalue weighted by Gasteiger charge is 2.14. The number of alkyl halides is 1. The third-order valence-corrected chi connectivity index (χ3v) is 3.14. The van der Waals surface area contributed by atoms with Crippen molar-refractivity contribution in [2.45, 2.75) is 26.2 Å². The standard InChI is InChI=1S/C11H18ClN3O2S/c1-2-4-9-10(18-15-14-9)11(16)13-6-3-7-17-8-5-12/h2-8H2,1H3,(H,13,16). The molecule has 0 bridgehead atoms. The van der Waals surface area contributed by atoms with Gasteiger partial charge in [0.1, 0.15) is 4.88 Å². The van der Waals surface area contributed by atoms with E-state index in [9.17, 15) is 4.79 Å². The highest BCUT2D eigenvalue weighted by Crippen LogP contribution is 2.12. The van der Waals surface area contributed by atoms with Crippen molar-refractivity contribution in [3.05, 3.63) is 10.6 Å². The molecule has 0 aliphatic heterocycles. The first-order chi connectivity index (χ1) is 8.79. The molecule has 1 amide bonds. The summed E-state index contributed by atoms with van der Waals surface area (Å²) in [6.07, 6.45) is 2.52. The highest BCUT2D eigenvalue weighted by molar-refractivity contribution is 7.08. The summed E-state index contributed by atoms with van der Waals surface area (Å²) in [4.78, 5) is 12.5. The molecule has 0 aliphatic carbocycles. The Morgan fingerprint density at radius 1 is 1.50 bits per heavy atom. The van der Waals surface area contributed by atoms with Crippen LogP contribution in [0.3, 0.4) is 0 Å². The van der Waals surface area contributed by atoms with Crippen molar-refractivity contribution >= 4 is 29.0 Å². The van der Waals surface area contributed by atoms with Gasteiger partial charge in [-0.1, -0.05) is 17.8 Å². The van der Waals surface area contributed by atoms with Gasteiger partial charge in [-0.3, -0.25) is 4.79 Å². The Kier molecular flexibility index (Phi) is 7.88. The maximum absolute atomic E-state index is 11.8. The Morgan fingerprint density at radius 3 is 3.06 bits per heavy atom. The Bertz CT molecular complexity index is 360. The van der Waals surface area contributed by atoms with Crippen LogP contribution in [0, 0.1) is 0 Å². The van der Waals surface area contributed by atoms with Crippen molar-refractivity contribution in [3.63, 3.8) is 0 Å². The monoisotopic (exact) mass is 291 g/mol. The summed E-state index contributed by atoms with van der Waals surface area (Å²) in [6, 6.07) is 0. The van der Waals surface area contributed by atoms with E-state index in [1.54, 1.807) is 0 Å². The molecule has 1 rings (SSSR count). The molecule has 1 N–H and O–H groups in total. The first-order valence-electron chi connectivity index (χ1n) is 6.02. The molecular weight excluding hydrogens is 274 g/mol. The molecule has 0 radical (unpaired) electrons. The maximum atomic E-state index is 11.8. The number of amides is 1. The molecule has 0 spiro atoms.